The predicted octanol–water partition coefficient (Wildman–Crippen LogP) is 3.01. The zero-order chi connectivity index (χ0) is 25.7. The fourth-order valence-corrected chi connectivity index (χ4v) is 4.63. The van der Waals surface area contributed by atoms with E-state index in [1.54, 1.807) is 25.8 Å². The minimum atomic E-state index is -0.676. The van der Waals surface area contributed by atoms with Crippen molar-refractivity contribution < 1.29 is 17.2 Å². The van der Waals surface area contributed by atoms with Crippen molar-refractivity contribution in [2.24, 2.45) is 28.5 Å². The maximum Gasteiger partial charge on any atom is 0.270 e. The normalized spacial score (nSPS) is 17.0. The van der Waals surface area contributed by atoms with Crippen molar-refractivity contribution in [2.75, 3.05) is 12.4 Å². The van der Waals surface area contributed by atoms with Gasteiger partial charge in [-0.2, -0.15) is 0 Å². The molecular formula is C26H39N7O3. The van der Waals surface area contributed by atoms with E-state index in [1.807, 2.05) is 30.5 Å². The number of carbonyl (C=O) groups excluding carboxylic acids is 2. The van der Waals surface area contributed by atoms with E-state index in [2.05, 4.69) is 25.6 Å². The van der Waals surface area contributed by atoms with Crippen molar-refractivity contribution in [2.45, 2.75) is 58.2 Å². The molecule has 0 aliphatic heterocycles. The van der Waals surface area contributed by atoms with Crippen LogP contribution in [-0.2, 0) is 16.1 Å². The smallest absolute Gasteiger partial charge is 0.270 e. The zero-order valence-corrected chi connectivity index (χ0v) is 21.1. The van der Waals surface area contributed by atoms with Crippen LogP contribution in [0.3, 0.4) is 0 Å². The number of methoxy groups -OCH3 is 1. The Labute approximate surface area is 214 Å². The molecule has 4 rings (SSSR count). The maximum atomic E-state index is 13.5. The van der Waals surface area contributed by atoms with E-state index in [1.165, 1.54) is 12.3 Å². The predicted molar refractivity (Wildman–Crippen MR) is 142 cm³/mol. The van der Waals surface area contributed by atoms with Crippen LogP contribution in [0.5, 0.6) is 5.88 Å². The second-order valence-corrected chi connectivity index (χ2v) is 9.76. The summed E-state index contributed by atoms with van der Waals surface area (Å²) >= 11 is 0. The number of imidazole rings is 1. The van der Waals surface area contributed by atoms with Crippen molar-refractivity contribution >= 4 is 23.3 Å². The largest absolute Gasteiger partial charge is 0.481 e. The highest BCUT2D eigenvalue weighted by molar-refractivity contribution is 6.43. The average molecular weight is 498 g/mol. The van der Waals surface area contributed by atoms with E-state index in [4.69, 9.17) is 10.5 Å². The van der Waals surface area contributed by atoms with Crippen molar-refractivity contribution in [3.05, 3.63) is 48.7 Å². The van der Waals surface area contributed by atoms with Crippen LogP contribution in [0, 0.1) is 17.8 Å². The van der Waals surface area contributed by atoms with E-state index in [-0.39, 0.29) is 26.4 Å². The van der Waals surface area contributed by atoms with Gasteiger partial charge in [0, 0.05) is 26.9 Å². The Hall–Kier alpha value is -3.69. The lowest BCUT2D eigenvalue weighted by atomic mass is 9.88. The molecule has 2 saturated carbocycles. The molecule has 10 nitrogen and oxygen atoms in total. The fourth-order valence-electron chi connectivity index (χ4n) is 4.63. The molecule has 2 aromatic rings. The van der Waals surface area contributed by atoms with Gasteiger partial charge in [-0.25, -0.2) is 9.97 Å². The van der Waals surface area contributed by atoms with Crippen molar-refractivity contribution in [3.63, 3.8) is 0 Å². The highest BCUT2D eigenvalue weighted by Gasteiger charge is 2.48. The first kappa shape index (κ1) is 25.4. The Morgan fingerprint density at radius 2 is 2.00 bits per heavy atom. The SMILES string of the molecule is COc1ncccc1Cn1cnc(NC(=O)C(NC(=O)C(/C=C\N)=NC(C)C)C(C2CC2)C2CC2)c1.[HH].[HH]. The lowest BCUT2D eigenvalue weighted by Gasteiger charge is -2.27. The number of nitrogens with two attached hydrogens (primary N) is 1. The standard InChI is InChI=1S/C26H35N7O3.2H2/c1-16(2)30-20(10-11-27)24(34)32-23(22(17-6-7-17)18-8-9-18)25(35)31-21-14-33(15-29-21)13-19-5-4-12-28-26(19)36-3;;/h4-5,10-12,14-18,22-23H,6-9,13,27H2,1-3H3,(H,31,35)(H,32,34);2*1H/b11-10-,30-20?;;. The van der Waals surface area contributed by atoms with Gasteiger partial charge in [-0.3, -0.25) is 14.6 Å². The molecule has 2 aromatic heterocycles. The Bertz CT molecular complexity index is 1130. The third-order valence-corrected chi connectivity index (χ3v) is 6.45. The monoisotopic (exact) mass is 497 g/mol. The van der Waals surface area contributed by atoms with E-state index in [0.717, 1.165) is 31.2 Å². The summed E-state index contributed by atoms with van der Waals surface area (Å²) in [5, 5.41) is 5.91. The molecule has 0 bridgehead atoms. The van der Waals surface area contributed by atoms with E-state index >= 15 is 0 Å². The number of aromatic nitrogens is 3. The Kier molecular flexibility index (Phi) is 8.02. The quantitative estimate of drug-likeness (QED) is 0.386. The van der Waals surface area contributed by atoms with Crippen LogP contribution in [0.1, 0.15) is 47.9 Å². The van der Waals surface area contributed by atoms with E-state index in [0.29, 0.717) is 30.1 Å². The van der Waals surface area contributed by atoms with Crippen LogP contribution >= 0.6 is 0 Å². The maximum absolute atomic E-state index is 13.5. The van der Waals surface area contributed by atoms with Gasteiger partial charge in [-0.15, -0.1) is 0 Å². The van der Waals surface area contributed by atoms with Gasteiger partial charge in [-0.05, 0) is 75.6 Å². The van der Waals surface area contributed by atoms with Crippen molar-refractivity contribution in [1.82, 2.24) is 19.9 Å². The fraction of sp³-hybridized carbons (Fsp3) is 0.500. The van der Waals surface area contributed by atoms with Crippen LogP contribution in [-0.4, -0.2) is 51.3 Å². The lowest BCUT2D eigenvalue weighted by Crippen LogP contribution is -2.51. The van der Waals surface area contributed by atoms with Gasteiger partial charge in [0.25, 0.3) is 5.91 Å². The number of amides is 2. The summed E-state index contributed by atoms with van der Waals surface area (Å²) in [6.07, 6.45) is 12.2. The van der Waals surface area contributed by atoms with Crippen LogP contribution in [0.25, 0.3) is 0 Å². The molecule has 0 radical (unpaired) electrons. The van der Waals surface area contributed by atoms with Crippen molar-refractivity contribution in [1.29, 1.82) is 0 Å². The van der Waals surface area contributed by atoms with Gasteiger partial charge < -0.3 is 25.7 Å². The Morgan fingerprint density at radius 3 is 2.61 bits per heavy atom. The summed E-state index contributed by atoms with van der Waals surface area (Å²) in [5.74, 6) is 1.28. The minimum absolute atomic E-state index is 0. The topological polar surface area (TPSA) is 137 Å². The molecule has 2 aliphatic carbocycles. The third kappa shape index (κ3) is 6.50. The van der Waals surface area contributed by atoms with Crippen molar-refractivity contribution in [3.8, 4) is 5.88 Å². The Balaban J connectivity index is 0.00000253. The van der Waals surface area contributed by atoms with Gasteiger partial charge >= 0.3 is 0 Å². The first-order valence-corrected chi connectivity index (χ1v) is 12.5. The summed E-state index contributed by atoms with van der Waals surface area (Å²) in [5.41, 5.74) is 6.65. The minimum Gasteiger partial charge on any atom is -0.481 e. The summed E-state index contributed by atoms with van der Waals surface area (Å²) in [7, 11) is 1.58. The first-order valence-electron chi connectivity index (χ1n) is 12.5. The molecule has 196 valence electrons. The van der Waals surface area contributed by atoms with Crippen LogP contribution in [0.4, 0.5) is 5.82 Å². The Morgan fingerprint density at radius 1 is 1.28 bits per heavy atom. The lowest BCUT2D eigenvalue weighted by molar-refractivity contribution is -0.124. The molecule has 4 N–H and O–H groups in total. The summed E-state index contributed by atoms with van der Waals surface area (Å²) < 4.78 is 7.17. The molecule has 1 unspecified atom stereocenters. The molecule has 1 atom stereocenters. The highest BCUT2D eigenvalue weighted by atomic mass is 16.5. The molecule has 2 heterocycles. The number of carbonyl (C=O) groups is 2. The number of anilines is 1. The number of pyridine rings is 1. The first-order chi connectivity index (χ1) is 17.4. The van der Waals surface area contributed by atoms with E-state index in [9.17, 15) is 9.59 Å². The zero-order valence-electron chi connectivity index (χ0n) is 21.1. The molecule has 0 spiro atoms. The van der Waals surface area contributed by atoms with Gasteiger partial charge in [-0.1, -0.05) is 6.07 Å². The summed E-state index contributed by atoms with van der Waals surface area (Å²) in [6, 6.07) is 3.01. The molecule has 0 aromatic carbocycles. The molecule has 2 aliphatic rings. The molecule has 36 heavy (non-hydrogen) atoms. The third-order valence-electron chi connectivity index (χ3n) is 6.45. The molecule has 10 heteroatoms. The van der Waals surface area contributed by atoms with Crippen LogP contribution in [0.2, 0.25) is 0 Å². The number of hydrogen-bond acceptors (Lipinski definition) is 7. The van der Waals surface area contributed by atoms with Crippen LogP contribution in [0.15, 0.2) is 48.1 Å². The van der Waals surface area contributed by atoms with Crippen LogP contribution < -0.4 is 21.1 Å². The number of nitrogens with one attached hydrogen (secondary N) is 2. The second kappa shape index (κ2) is 11.4. The number of rotatable bonds is 12. The van der Waals surface area contributed by atoms with Gasteiger partial charge in [0.1, 0.15) is 11.8 Å². The highest BCUT2D eigenvalue weighted by Crippen LogP contribution is 2.50. The van der Waals surface area contributed by atoms with Gasteiger partial charge in [0.15, 0.2) is 5.82 Å². The summed E-state index contributed by atoms with van der Waals surface area (Å²) in [6.45, 7) is 4.26. The van der Waals surface area contributed by atoms with Gasteiger partial charge in [0.2, 0.25) is 11.8 Å². The van der Waals surface area contributed by atoms with Gasteiger partial charge in [0.05, 0.1) is 20.0 Å². The summed E-state index contributed by atoms with van der Waals surface area (Å²) in [4.78, 5) is 39.6. The molecule has 2 fully saturated rings. The number of ether oxygens (including phenoxy) is 1. The molecule has 0 saturated heterocycles. The number of aliphatic imine (C=N–C) groups is 1. The van der Waals surface area contributed by atoms with E-state index < -0.39 is 11.9 Å². The molecular weight excluding hydrogens is 458 g/mol. The number of hydrogen-bond donors (Lipinski definition) is 3. The average Bonchev–Trinajstić information content (AvgIpc) is 3.79. The number of nitrogens with zero attached hydrogens (tertiary/aromatic N) is 4. The second-order valence-electron chi connectivity index (χ2n) is 9.76. The molecule has 2 amide bonds.